The zero-order valence-electron chi connectivity index (χ0n) is 18.7. The van der Waals surface area contributed by atoms with Crippen molar-refractivity contribution < 1.29 is 25.0 Å². The third-order valence-corrected chi connectivity index (χ3v) is 5.91. The van der Waals surface area contributed by atoms with Gasteiger partial charge in [0.15, 0.2) is 0 Å². The van der Waals surface area contributed by atoms with Crippen molar-refractivity contribution in [2.45, 2.75) is 78.0 Å². The summed E-state index contributed by atoms with van der Waals surface area (Å²) in [6.07, 6.45) is 1.28. The molecular formula is C20H34N4O6. The smallest absolute Gasteiger partial charge is 0.408 e. The Labute approximate surface area is 177 Å². The maximum atomic E-state index is 12.4. The highest BCUT2D eigenvalue weighted by atomic mass is 16.6. The monoisotopic (exact) mass is 426 g/mol. The Morgan fingerprint density at radius 3 is 2.53 bits per heavy atom. The molecule has 170 valence electrons. The van der Waals surface area contributed by atoms with Crippen molar-refractivity contribution in [1.29, 1.82) is 0 Å². The molecule has 0 bridgehead atoms. The van der Waals surface area contributed by atoms with Crippen molar-refractivity contribution in [2.75, 3.05) is 13.1 Å². The van der Waals surface area contributed by atoms with E-state index < -0.39 is 28.3 Å². The lowest BCUT2D eigenvalue weighted by atomic mass is 9.79. The Bertz CT molecular complexity index is 753. The molecule has 1 amide bonds. The van der Waals surface area contributed by atoms with Crippen LogP contribution in [0.25, 0.3) is 0 Å². The highest BCUT2D eigenvalue weighted by Gasteiger charge is 2.46. The molecule has 2 aliphatic rings. The van der Waals surface area contributed by atoms with Crippen molar-refractivity contribution in [3.05, 3.63) is 38.0 Å². The van der Waals surface area contributed by atoms with E-state index in [0.29, 0.717) is 36.4 Å². The molecule has 3 atom stereocenters. The lowest BCUT2D eigenvalue weighted by Gasteiger charge is -2.48. The van der Waals surface area contributed by atoms with Gasteiger partial charge in [0.2, 0.25) is 0 Å². The Balaban J connectivity index is 2.40. The van der Waals surface area contributed by atoms with Crippen LogP contribution in [-0.2, 0) is 4.74 Å². The number of carbonyl (C=O) groups excluding carboxylic acids is 1. The van der Waals surface area contributed by atoms with Crippen molar-refractivity contribution in [3.8, 4) is 0 Å². The first-order valence-electron chi connectivity index (χ1n) is 10.3. The highest BCUT2D eigenvalue weighted by molar-refractivity contribution is 5.68. The molecule has 0 aromatic rings. The molecule has 1 aliphatic carbocycles. The number of piperidine rings is 1. The summed E-state index contributed by atoms with van der Waals surface area (Å²) in [6, 6.07) is -0.715. The maximum Gasteiger partial charge on any atom is 0.408 e. The SMILES string of the molecule is C/C(=C(\C1=C([NH2+][O-])CCC1)N1C[C@H](C)C(C)(O)[C@H](NC(=O)OC(C)(C)C)C1)[N+](=O)[O-]. The number of alkyl carbamates (subject to hydrolysis) is 1. The lowest BCUT2D eigenvalue weighted by Crippen LogP contribution is -2.75. The predicted octanol–water partition coefficient (Wildman–Crippen LogP) is 1.59. The van der Waals surface area contributed by atoms with Gasteiger partial charge in [0.05, 0.1) is 16.6 Å². The highest BCUT2D eigenvalue weighted by Crippen LogP contribution is 2.37. The second-order valence-electron chi connectivity index (χ2n) is 9.40. The fourth-order valence-electron chi connectivity index (χ4n) is 4.05. The molecule has 1 saturated heterocycles. The number of quaternary nitrogens is 1. The van der Waals surface area contributed by atoms with Gasteiger partial charge in [0.1, 0.15) is 17.0 Å². The van der Waals surface area contributed by atoms with Crippen LogP contribution < -0.4 is 10.8 Å². The number of hydroxylamine groups is 1. The van der Waals surface area contributed by atoms with Crippen LogP contribution in [0, 0.1) is 21.2 Å². The zero-order valence-corrected chi connectivity index (χ0v) is 18.7. The standard InChI is InChI=1S/C20H34N4O6/c1-12-10-23(11-16(20(12,6)26)21-18(25)30-19(3,4)5)17(13(2)24(28)29)14-8-7-9-15(14)22-27/h12,16,26H,7-11,22H2,1-6H3,(H,21,25)/b17-13-/t12-,16+,20?/m0/s1. The van der Waals surface area contributed by atoms with Crippen molar-refractivity contribution in [3.63, 3.8) is 0 Å². The van der Waals surface area contributed by atoms with E-state index in [0.717, 1.165) is 11.9 Å². The molecule has 0 aromatic heterocycles. The number of amides is 1. The van der Waals surface area contributed by atoms with Gasteiger partial charge in [-0.15, -0.1) is 0 Å². The summed E-state index contributed by atoms with van der Waals surface area (Å²) in [5.41, 5.74) is 0.468. The van der Waals surface area contributed by atoms with Crippen LogP contribution in [0.3, 0.4) is 0 Å². The van der Waals surface area contributed by atoms with Gasteiger partial charge in [-0.05, 0) is 40.5 Å². The number of likely N-dealkylation sites (tertiary alicyclic amines) is 1. The molecule has 4 N–H and O–H groups in total. The van der Waals surface area contributed by atoms with Crippen LogP contribution in [0.5, 0.6) is 0 Å². The second kappa shape index (κ2) is 8.91. The van der Waals surface area contributed by atoms with Crippen LogP contribution in [0.4, 0.5) is 4.79 Å². The van der Waals surface area contributed by atoms with Crippen molar-refractivity contribution in [2.24, 2.45) is 5.92 Å². The molecule has 1 unspecified atom stereocenters. The maximum absolute atomic E-state index is 12.4. The van der Waals surface area contributed by atoms with E-state index in [4.69, 9.17) is 4.74 Å². The number of carbonyl (C=O) groups is 1. The molecule has 30 heavy (non-hydrogen) atoms. The summed E-state index contributed by atoms with van der Waals surface area (Å²) in [6.45, 7) is 10.7. The number of hydrogen-bond acceptors (Lipinski definition) is 7. The zero-order chi connectivity index (χ0) is 22.9. The topological polar surface area (TPSA) is 145 Å². The Kier molecular flexibility index (Phi) is 7.16. The van der Waals surface area contributed by atoms with E-state index in [2.05, 4.69) is 5.32 Å². The predicted molar refractivity (Wildman–Crippen MR) is 110 cm³/mol. The third-order valence-electron chi connectivity index (χ3n) is 5.91. The van der Waals surface area contributed by atoms with E-state index in [1.807, 2.05) is 11.8 Å². The van der Waals surface area contributed by atoms with E-state index in [9.17, 15) is 25.2 Å². The van der Waals surface area contributed by atoms with Crippen molar-refractivity contribution >= 4 is 6.09 Å². The van der Waals surface area contributed by atoms with Gasteiger partial charge in [0.25, 0.3) is 5.70 Å². The Hall–Kier alpha value is -2.17. The first kappa shape index (κ1) is 24.1. The summed E-state index contributed by atoms with van der Waals surface area (Å²) in [5, 5.41) is 36.9. The molecule has 10 nitrogen and oxygen atoms in total. The molecule has 0 radical (unpaired) electrons. The quantitative estimate of drug-likeness (QED) is 0.447. The number of rotatable bonds is 5. The van der Waals surface area contributed by atoms with Gasteiger partial charge in [-0.3, -0.25) is 10.1 Å². The van der Waals surface area contributed by atoms with Gasteiger partial charge in [-0.2, -0.15) is 0 Å². The van der Waals surface area contributed by atoms with E-state index in [1.165, 1.54) is 6.92 Å². The molecule has 1 fully saturated rings. The number of aliphatic hydroxyl groups is 1. The molecule has 0 aromatic carbocycles. The van der Waals surface area contributed by atoms with Crippen LogP contribution in [-0.4, -0.2) is 51.4 Å². The minimum atomic E-state index is -1.24. The molecule has 1 heterocycles. The number of nitrogens with two attached hydrogens (primary N) is 1. The molecule has 0 saturated carbocycles. The molecule has 0 spiro atoms. The van der Waals surface area contributed by atoms with Crippen LogP contribution in [0.2, 0.25) is 0 Å². The average Bonchev–Trinajstić information content (AvgIpc) is 3.06. The van der Waals surface area contributed by atoms with E-state index >= 15 is 0 Å². The Morgan fingerprint density at radius 1 is 1.37 bits per heavy atom. The number of nitrogens with one attached hydrogen (secondary N) is 1. The second-order valence-corrected chi connectivity index (χ2v) is 9.40. The number of nitrogens with zero attached hydrogens (tertiary/aromatic N) is 2. The number of ether oxygens (including phenoxy) is 1. The summed E-state index contributed by atoms with van der Waals surface area (Å²) < 4.78 is 5.33. The molecular weight excluding hydrogens is 392 g/mol. The molecule has 10 heteroatoms. The summed E-state index contributed by atoms with van der Waals surface area (Å²) in [5.74, 6) is -0.303. The van der Waals surface area contributed by atoms with E-state index in [1.54, 1.807) is 27.7 Å². The normalized spacial score (nSPS) is 28.3. The van der Waals surface area contributed by atoms with Gasteiger partial charge in [0, 0.05) is 37.9 Å². The Morgan fingerprint density at radius 2 is 2.00 bits per heavy atom. The van der Waals surface area contributed by atoms with Gasteiger partial charge in [-0.1, -0.05) is 6.92 Å². The van der Waals surface area contributed by atoms with Crippen molar-refractivity contribution in [1.82, 2.24) is 10.2 Å². The summed E-state index contributed by atoms with van der Waals surface area (Å²) in [7, 11) is 0. The van der Waals surface area contributed by atoms with Gasteiger partial charge < -0.3 is 30.7 Å². The lowest BCUT2D eigenvalue weighted by molar-refractivity contribution is -0.538. The fraction of sp³-hybridized carbons (Fsp3) is 0.750. The molecule has 2 rings (SSSR count). The third kappa shape index (κ3) is 5.30. The number of nitro groups is 1. The minimum Gasteiger partial charge on any atom is -0.631 e. The van der Waals surface area contributed by atoms with Crippen LogP contribution in [0.15, 0.2) is 22.7 Å². The first-order valence-corrected chi connectivity index (χ1v) is 10.3. The van der Waals surface area contributed by atoms with Crippen LogP contribution >= 0.6 is 0 Å². The van der Waals surface area contributed by atoms with E-state index in [-0.39, 0.29) is 18.2 Å². The number of allylic oxidation sites excluding steroid dienone is 3. The van der Waals surface area contributed by atoms with Crippen LogP contribution in [0.1, 0.15) is 60.8 Å². The molecule has 1 aliphatic heterocycles. The minimum absolute atomic E-state index is 0.0454. The fourth-order valence-corrected chi connectivity index (χ4v) is 4.05. The summed E-state index contributed by atoms with van der Waals surface area (Å²) >= 11 is 0. The largest absolute Gasteiger partial charge is 0.631 e. The van der Waals surface area contributed by atoms with Gasteiger partial charge >= 0.3 is 6.09 Å². The average molecular weight is 427 g/mol. The summed E-state index contributed by atoms with van der Waals surface area (Å²) in [4.78, 5) is 25.4. The first-order chi connectivity index (χ1) is 13.8. The van der Waals surface area contributed by atoms with Gasteiger partial charge in [-0.25, -0.2) is 4.79 Å². The number of hydrogen-bond donors (Lipinski definition) is 3.